The molecule has 1 atom stereocenters. The molecule has 2 amide bonds. The van der Waals surface area contributed by atoms with Crippen LogP contribution in [0.3, 0.4) is 0 Å². The standard InChI is InChI=1S/C23H20N4O3S/c1-14(21(24)28)30-18-11-17(16-7-9-25-10-8-16)12-19-20(18)27-23(31-19)22(29)26-13-15-5-3-2-4-6-15/h2-12,14H,13H2,1H3,(H2,24,28)(H,26,29). The highest BCUT2D eigenvalue weighted by atomic mass is 32.1. The molecule has 0 aliphatic rings. The lowest BCUT2D eigenvalue weighted by atomic mass is 10.1. The highest BCUT2D eigenvalue weighted by Gasteiger charge is 2.19. The van der Waals surface area contributed by atoms with Crippen molar-refractivity contribution < 1.29 is 14.3 Å². The van der Waals surface area contributed by atoms with Gasteiger partial charge in [0.15, 0.2) is 11.1 Å². The fraction of sp³-hybridized carbons (Fsp3) is 0.130. The number of ether oxygens (including phenoxy) is 1. The molecule has 0 aliphatic carbocycles. The molecule has 0 fully saturated rings. The maximum atomic E-state index is 12.7. The average molecular weight is 433 g/mol. The van der Waals surface area contributed by atoms with E-state index in [1.54, 1.807) is 25.4 Å². The zero-order chi connectivity index (χ0) is 21.8. The fourth-order valence-corrected chi connectivity index (χ4v) is 3.94. The van der Waals surface area contributed by atoms with Gasteiger partial charge >= 0.3 is 0 Å². The number of aromatic nitrogens is 2. The number of hydrogen-bond acceptors (Lipinski definition) is 6. The molecule has 2 aromatic carbocycles. The summed E-state index contributed by atoms with van der Waals surface area (Å²) in [7, 11) is 0. The number of fused-ring (bicyclic) bond motifs is 1. The first-order valence-electron chi connectivity index (χ1n) is 9.64. The third-order valence-electron chi connectivity index (χ3n) is 4.67. The topological polar surface area (TPSA) is 107 Å². The number of thiazole rings is 1. The van der Waals surface area contributed by atoms with Crippen molar-refractivity contribution in [1.82, 2.24) is 15.3 Å². The Kier molecular flexibility index (Phi) is 5.90. The monoisotopic (exact) mass is 432 g/mol. The SMILES string of the molecule is CC(Oc1cc(-c2ccncc2)cc2sc(C(=O)NCc3ccccc3)nc12)C(N)=O. The highest BCUT2D eigenvalue weighted by Crippen LogP contribution is 2.36. The summed E-state index contributed by atoms with van der Waals surface area (Å²) in [5.74, 6) is -0.461. The number of nitrogens with one attached hydrogen (secondary N) is 1. The molecule has 31 heavy (non-hydrogen) atoms. The lowest BCUT2D eigenvalue weighted by Crippen LogP contribution is -2.30. The minimum absolute atomic E-state index is 0.274. The van der Waals surface area contributed by atoms with Gasteiger partial charge in [0, 0.05) is 18.9 Å². The van der Waals surface area contributed by atoms with Crippen LogP contribution in [-0.2, 0) is 11.3 Å². The summed E-state index contributed by atoms with van der Waals surface area (Å²) in [5, 5.41) is 3.20. The third kappa shape index (κ3) is 4.70. The number of carbonyl (C=O) groups is 2. The molecule has 0 aliphatic heterocycles. The predicted molar refractivity (Wildman–Crippen MR) is 120 cm³/mol. The number of rotatable bonds is 7. The number of carbonyl (C=O) groups excluding carboxylic acids is 2. The zero-order valence-electron chi connectivity index (χ0n) is 16.7. The lowest BCUT2D eigenvalue weighted by molar-refractivity contribution is -0.123. The molecule has 1 unspecified atom stereocenters. The van der Waals surface area contributed by atoms with Crippen molar-refractivity contribution in [2.75, 3.05) is 0 Å². The summed E-state index contributed by atoms with van der Waals surface area (Å²) >= 11 is 1.26. The van der Waals surface area contributed by atoms with Gasteiger partial charge in [0.05, 0.1) is 4.70 Å². The van der Waals surface area contributed by atoms with Crippen LogP contribution >= 0.6 is 11.3 Å². The second-order valence-electron chi connectivity index (χ2n) is 6.91. The number of benzene rings is 2. The minimum Gasteiger partial charge on any atom is -0.479 e. The van der Waals surface area contributed by atoms with Crippen LogP contribution in [0, 0.1) is 0 Å². The van der Waals surface area contributed by atoms with Crippen LogP contribution in [0.2, 0.25) is 0 Å². The third-order valence-corrected chi connectivity index (χ3v) is 5.67. The van der Waals surface area contributed by atoms with Crippen molar-refractivity contribution in [3.8, 4) is 16.9 Å². The van der Waals surface area contributed by atoms with E-state index >= 15 is 0 Å². The van der Waals surface area contributed by atoms with Crippen LogP contribution in [0.15, 0.2) is 67.0 Å². The van der Waals surface area contributed by atoms with E-state index in [-0.39, 0.29) is 5.91 Å². The van der Waals surface area contributed by atoms with Crippen molar-refractivity contribution in [3.63, 3.8) is 0 Å². The van der Waals surface area contributed by atoms with E-state index in [9.17, 15) is 9.59 Å². The molecule has 0 radical (unpaired) electrons. The molecular weight excluding hydrogens is 412 g/mol. The Balaban J connectivity index is 1.68. The van der Waals surface area contributed by atoms with Gasteiger partial charge < -0.3 is 15.8 Å². The molecule has 2 aromatic heterocycles. The van der Waals surface area contributed by atoms with E-state index in [1.807, 2.05) is 48.5 Å². The van der Waals surface area contributed by atoms with E-state index in [2.05, 4.69) is 15.3 Å². The van der Waals surface area contributed by atoms with Gasteiger partial charge in [0.2, 0.25) is 0 Å². The van der Waals surface area contributed by atoms with Crippen LogP contribution < -0.4 is 15.8 Å². The maximum absolute atomic E-state index is 12.7. The molecule has 0 saturated carbocycles. The van der Waals surface area contributed by atoms with Crippen molar-refractivity contribution in [3.05, 3.63) is 77.6 Å². The first-order chi connectivity index (χ1) is 15.0. The first-order valence-corrected chi connectivity index (χ1v) is 10.5. The van der Waals surface area contributed by atoms with Crippen LogP contribution in [0.25, 0.3) is 21.3 Å². The Morgan fingerprint density at radius 1 is 1.10 bits per heavy atom. The molecule has 4 rings (SSSR count). The van der Waals surface area contributed by atoms with E-state index in [1.165, 1.54) is 11.3 Å². The number of hydrogen-bond donors (Lipinski definition) is 2. The fourth-order valence-electron chi connectivity index (χ4n) is 3.00. The molecule has 4 aromatic rings. The molecule has 8 heteroatoms. The Morgan fingerprint density at radius 3 is 2.55 bits per heavy atom. The molecule has 0 saturated heterocycles. The maximum Gasteiger partial charge on any atom is 0.280 e. The van der Waals surface area contributed by atoms with Gasteiger partial charge in [-0.3, -0.25) is 14.6 Å². The van der Waals surface area contributed by atoms with Gasteiger partial charge in [-0.25, -0.2) is 4.98 Å². The summed E-state index contributed by atoms with van der Waals surface area (Å²) in [6.07, 6.45) is 2.55. The van der Waals surface area contributed by atoms with E-state index in [0.717, 1.165) is 21.4 Å². The van der Waals surface area contributed by atoms with Crippen LogP contribution in [-0.4, -0.2) is 27.9 Å². The number of nitrogens with zero attached hydrogens (tertiary/aromatic N) is 2. The predicted octanol–water partition coefficient (Wildman–Crippen LogP) is 3.54. The Bertz CT molecular complexity index is 1230. The summed E-state index contributed by atoms with van der Waals surface area (Å²) in [6.45, 7) is 1.98. The molecule has 2 heterocycles. The highest BCUT2D eigenvalue weighted by molar-refractivity contribution is 7.20. The molecular formula is C23H20N4O3S. The van der Waals surface area contributed by atoms with Crippen molar-refractivity contribution in [2.45, 2.75) is 19.6 Å². The van der Waals surface area contributed by atoms with Crippen molar-refractivity contribution in [1.29, 1.82) is 0 Å². The number of amides is 2. The lowest BCUT2D eigenvalue weighted by Gasteiger charge is -2.13. The smallest absolute Gasteiger partial charge is 0.280 e. The van der Waals surface area contributed by atoms with Crippen molar-refractivity contribution in [2.24, 2.45) is 5.73 Å². The molecule has 0 spiro atoms. The quantitative estimate of drug-likeness (QED) is 0.464. The largest absolute Gasteiger partial charge is 0.479 e. The summed E-state index contributed by atoms with van der Waals surface area (Å²) in [4.78, 5) is 32.8. The minimum atomic E-state index is -0.840. The van der Waals surface area contributed by atoms with E-state index < -0.39 is 12.0 Å². The van der Waals surface area contributed by atoms with Gasteiger partial charge in [-0.05, 0) is 47.9 Å². The molecule has 7 nitrogen and oxygen atoms in total. The van der Waals surface area contributed by atoms with Crippen LogP contribution in [0.1, 0.15) is 22.3 Å². The second kappa shape index (κ2) is 8.93. The zero-order valence-corrected chi connectivity index (χ0v) is 17.6. The van der Waals surface area contributed by atoms with Crippen molar-refractivity contribution >= 4 is 33.4 Å². The average Bonchev–Trinajstić information content (AvgIpc) is 3.23. The van der Waals surface area contributed by atoms with E-state index in [4.69, 9.17) is 10.5 Å². The number of pyridine rings is 1. The Hall–Kier alpha value is -3.78. The first kappa shape index (κ1) is 20.5. The van der Waals surface area contributed by atoms with Gasteiger partial charge in [-0.2, -0.15) is 0 Å². The number of primary amides is 1. The molecule has 3 N–H and O–H groups in total. The normalized spacial score (nSPS) is 11.8. The number of nitrogens with two attached hydrogens (primary N) is 1. The summed E-state index contributed by atoms with van der Waals surface area (Å²) in [6, 6.07) is 17.1. The summed E-state index contributed by atoms with van der Waals surface area (Å²) < 4.78 is 6.57. The van der Waals surface area contributed by atoms with Gasteiger partial charge in [0.25, 0.3) is 11.8 Å². The Labute approximate surface area is 182 Å². The summed E-state index contributed by atoms with van der Waals surface area (Å²) in [5.41, 5.74) is 8.67. The van der Waals surface area contributed by atoms with E-state index in [0.29, 0.717) is 22.8 Å². The van der Waals surface area contributed by atoms with Gasteiger partial charge in [0.1, 0.15) is 11.3 Å². The molecule has 156 valence electrons. The van der Waals surface area contributed by atoms with Crippen LogP contribution in [0.5, 0.6) is 5.75 Å². The van der Waals surface area contributed by atoms with Gasteiger partial charge in [-0.1, -0.05) is 30.3 Å². The Morgan fingerprint density at radius 2 is 1.84 bits per heavy atom. The molecule has 0 bridgehead atoms. The van der Waals surface area contributed by atoms with Crippen LogP contribution in [0.4, 0.5) is 0 Å². The van der Waals surface area contributed by atoms with Gasteiger partial charge in [-0.15, -0.1) is 11.3 Å². The second-order valence-corrected chi connectivity index (χ2v) is 7.94.